The van der Waals surface area contributed by atoms with E-state index in [0.29, 0.717) is 5.56 Å². The maximum Gasteiger partial charge on any atom is 0.416 e. The second-order valence-corrected chi connectivity index (χ2v) is 6.35. The van der Waals surface area contributed by atoms with Gasteiger partial charge in [0.05, 0.1) is 30.0 Å². The van der Waals surface area contributed by atoms with E-state index in [9.17, 15) is 22.8 Å². The highest BCUT2D eigenvalue weighted by Crippen LogP contribution is 2.36. The van der Waals surface area contributed by atoms with Crippen molar-refractivity contribution in [3.8, 4) is 6.07 Å². The summed E-state index contributed by atoms with van der Waals surface area (Å²) in [6.07, 6.45) is -3.26. The molecule has 1 aliphatic heterocycles. The van der Waals surface area contributed by atoms with Crippen LogP contribution >= 0.6 is 0 Å². The number of nitrogens with one attached hydrogen (secondary N) is 1. The molecule has 0 saturated carbocycles. The van der Waals surface area contributed by atoms with Crippen LogP contribution in [0.15, 0.2) is 53.9 Å². The van der Waals surface area contributed by atoms with E-state index in [1.165, 1.54) is 37.4 Å². The Kier molecular flexibility index (Phi) is 5.47. The van der Waals surface area contributed by atoms with Gasteiger partial charge < -0.3 is 10.1 Å². The second kappa shape index (κ2) is 7.87. The topological polar surface area (TPSA) is 95.3 Å². The number of nitriles is 1. The lowest BCUT2D eigenvalue weighted by Gasteiger charge is -2.35. The van der Waals surface area contributed by atoms with Gasteiger partial charge in [-0.05, 0) is 36.8 Å². The zero-order valence-corrected chi connectivity index (χ0v) is 15.8. The molecule has 2 heterocycles. The summed E-state index contributed by atoms with van der Waals surface area (Å²) >= 11 is 0. The number of carbonyl (C=O) groups excluding carboxylic acids is 2. The highest BCUT2D eigenvalue weighted by molar-refractivity contribution is 6.03. The number of halogens is 3. The van der Waals surface area contributed by atoms with E-state index in [-0.39, 0.29) is 22.7 Å². The number of urea groups is 1. The zero-order valence-electron chi connectivity index (χ0n) is 15.8. The van der Waals surface area contributed by atoms with Crippen LogP contribution in [-0.2, 0) is 15.7 Å². The molecule has 2 aromatic rings. The summed E-state index contributed by atoms with van der Waals surface area (Å²) in [6.45, 7) is 1.44. The standard InChI is InChI=1S/C20H15F3N4O3/c1-11-16(18(28)30-2)17(12-6-7-14(9-24)25-10-12)26-19(29)27(11)15-5-3-4-13(8-15)20(21,22)23/h3-8,10,17H,1-2H3,(H,26,29). The monoisotopic (exact) mass is 416 g/mol. The largest absolute Gasteiger partial charge is 0.466 e. The molecule has 0 aliphatic carbocycles. The molecular formula is C20H15F3N4O3. The summed E-state index contributed by atoms with van der Waals surface area (Å²) in [5.41, 5.74) is -0.297. The lowest BCUT2D eigenvalue weighted by Crippen LogP contribution is -2.48. The molecule has 2 amide bonds. The Morgan fingerprint density at radius 1 is 1.30 bits per heavy atom. The summed E-state index contributed by atoms with van der Waals surface area (Å²) < 4.78 is 44.1. The molecule has 1 aromatic carbocycles. The number of rotatable bonds is 3. The number of amides is 2. The first-order chi connectivity index (χ1) is 14.2. The van der Waals surface area contributed by atoms with Crippen molar-refractivity contribution < 1.29 is 27.5 Å². The number of carbonyl (C=O) groups is 2. The average molecular weight is 416 g/mol. The van der Waals surface area contributed by atoms with Gasteiger partial charge in [0.15, 0.2) is 0 Å². The van der Waals surface area contributed by atoms with Crippen LogP contribution in [-0.4, -0.2) is 24.1 Å². The van der Waals surface area contributed by atoms with Gasteiger partial charge in [0.1, 0.15) is 11.8 Å². The molecular weight excluding hydrogens is 401 g/mol. The van der Waals surface area contributed by atoms with Gasteiger partial charge in [-0.1, -0.05) is 12.1 Å². The molecule has 0 bridgehead atoms. The molecule has 7 nitrogen and oxygen atoms in total. The Hall–Kier alpha value is -3.87. The Bertz CT molecular complexity index is 1070. The number of anilines is 1. The first kappa shape index (κ1) is 20.9. The van der Waals surface area contributed by atoms with Gasteiger partial charge in [0.25, 0.3) is 0 Å². The van der Waals surface area contributed by atoms with Crippen LogP contribution in [0.4, 0.5) is 23.7 Å². The maximum absolute atomic E-state index is 13.1. The van der Waals surface area contributed by atoms with E-state index in [0.717, 1.165) is 24.1 Å². The highest BCUT2D eigenvalue weighted by Gasteiger charge is 2.38. The normalized spacial score (nSPS) is 16.7. The van der Waals surface area contributed by atoms with Crippen molar-refractivity contribution in [3.05, 3.63) is 70.7 Å². The molecule has 0 spiro atoms. The van der Waals surface area contributed by atoms with Crippen LogP contribution in [0.25, 0.3) is 0 Å². The number of esters is 1. The number of pyridine rings is 1. The van der Waals surface area contributed by atoms with Crippen molar-refractivity contribution in [1.29, 1.82) is 5.26 Å². The summed E-state index contributed by atoms with van der Waals surface area (Å²) in [7, 11) is 1.15. The number of ether oxygens (including phenoxy) is 1. The van der Waals surface area contributed by atoms with Crippen LogP contribution in [0.3, 0.4) is 0 Å². The molecule has 1 aromatic heterocycles. The molecule has 10 heteroatoms. The third kappa shape index (κ3) is 3.82. The first-order valence-corrected chi connectivity index (χ1v) is 8.60. The Morgan fingerprint density at radius 3 is 2.60 bits per heavy atom. The zero-order chi connectivity index (χ0) is 22.1. The quantitative estimate of drug-likeness (QED) is 0.770. The highest BCUT2D eigenvalue weighted by atomic mass is 19.4. The van der Waals surface area contributed by atoms with Crippen LogP contribution in [0.5, 0.6) is 0 Å². The Balaban J connectivity index is 2.13. The van der Waals surface area contributed by atoms with Crippen LogP contribution in [0.2, 0.25) is 0 Å². The average Bonchev–Trinajstić information content (AvgIpc) is 2.72. The van der Waals surface area contributed by atoms with Crippen molar-refractivity contribution in [3.63, 3.8) is 0 Å². The number of aromatic nitrogens is 1. The van der Waals surface area contributed by atoms with E-state index in [1.54, 1.807) is 0 Å². The number of methoxy groups -OCH3 is 1. The molecule has 0 saturated heterocycles. The summed E-state index contributed by atoms with van der Waals surface area (Å²) in [4.78, 5) is 30.2. The van der Waals surface area contributed by atoms with Gasteiger partial charge in [-0.2, -0.15) is 18.4 Å². The summed E-state index contributed by atoms with van der Waals surface area (Å²) in [5, 5.41) is 11.5. The molecule has 0 radical (unpaired) electrons. The Labute approximate surface area is 169 Å². The van der Waals surface area contributed by atoms with Gasteiger partial charge in [-0.25, -0.2) is 14.6 Å². The van der Waals surface area contributed by atoms with E-state index in [1.807, 2.05) is 6.07 Å². The van der Waals surface area contributed by atoms with Crippen LogP contribution < -0.4 is 10.2 Å². The molecule has 1 aliphatic rings. The predicted molar refractivity (Wildman–Crippen MR) is 98.9 cm³/mol. The van der Waals surface area contributed by atoms with E-state index in [4.69, 9.17) is 10.00 Å². The molecule has 0 fully saturated rings. The van der Waals surface area contributed by atoms with Crippen molar-refractivity contribution >= 4 is 17.7 Å². The van der Waals surface area contributed by atoms with Gasteiger partial charge in [0, 0.05) is 11.9 Å². The molecule has 1 N–H and O–H groups in total. The van der Waals surface area contributed by atoms with Crippen molar-refractivity contribution in [2.75, 3.05) is 12.0 Å². The number of benzene rings is 1. The molecule has 1 atom stereocenters. The lowest BCUT2D eigenvalue weighted by atomic mass is 9.95. The SMILES string of the molecule is COC(=O)C1=C(C)N(c2cccc(C(F)(F)F)c2)C(=O)NC1c1ccc(C#N)nc1. The predicted octanol–water partition coefficient (Wildman–Crippen LogP) is 3.69. The minimum Gasteiger partial charge on any atom is -0.466 e. The fourth-order valence-electron chi connectivity index (χ4n) is 3.14. The van der Waals surface area contributed by atoms with Crippen LogP contribution in [0, 0.1) is 11.3 Å². The van der Waals surface area contributed by atoms with Gasteiger partial charge in [-0.15, -0.1) is 0 Å². The van der Waals surface area contributed by atoms with Crippen molar-refractivity contribution in [1.82, 2.24) is 10.3 Å². The fourth-order valence-corrected chi connectivity index (χ4v) is 3.14. The second-order valence-electron chi connectivity index (χ2n) is 6.35. The summed E-state index contributed by atoms with van der Waals surface area (Å²) in [6, 6.07) is 7.34. The van der Waals surface area contributed by atoms with Gasteiger partial charge >= 0.3 is 18.2 Å². The Morgan fingerprint density at radius 2 is 2.03 bits per heavy atom. The number of alkyl halides is 3. The summed E-state index contributed by atoms with van der Waals surface area (Å²) in [5.74, 6) is -0.765. The van der Waals surface area contributed by atoms with E-state index >= 15 is 0 Å². The van der Waals surface area contributed by atoms with Gasteiger partial charge in [0.2, 0.25) is 0 Å². The van der Waals surface area contributed by atoms with E-state index < -0.39 is 29.8 Å². The number of nitrogens with zero attached hydrogens (tertiary/aromatic N) is 3. The number of allylic oxidation sites excluding steroid dienone is 1. The van der Waals surface area contributed by atoms with Crippen molar-refractivity contribution in [2.45, 2.75) is 19.1 Å². The number of hydrogen-bond acceptors (Lipinski definition) is 5. The first-order valence-electron chi connectivity index (χ1n) is 8.60. The van der Waals surface area contributed by atoms with Crippen LogP contribution in [0.1, 0.15) is 29.8 Å². The molecule has 30 heavy (non-hydrogen) atoms. The minimum atomic E-state index is -4.60. The number of hydrogen-bond donors (Lipinski definition) is 1. The molecule has 154 valence electrons. The smallest absolute Gasteiger partial charge is 0.416 e. The third-order valence-corrected chi connectivity index (χ3v) is 4.56. The van der Waals surface area contributed by atoms with E-state index in [2.05, 4.69) is 10.3 Å². The minimum absolute atomic E-state index is 0.0287. The van der Waals surface area contributed by atoms with Gasteiger partial charge in [-0.3, -0.25) is 4.90 Å². The van der Waals surface area contributed by atoms with Crippen molar-refractivity contribution in [2.24, 2.45) is 0 Å². The molecule has 1 unspecified atom stereocenters. The lowest BCUT2D eigenvalue weighted by molar-refractivity contribution is -0.138. The maximum atomic E-state index is 13.1. The molecule has 3 rings (SSSR count). The fraction of sp³-hybridized carbons (Fsp3) is 0.200. The third-order valence-electron chi connectivity index (χ3n) is 4.56.